The summed E-state index contributed by atoms with van der Waals surface area (Å²) in [5.74, 6) is 1.61. The van der Waals surface area contributed by atoms with Gasteiger partial charge < -0.3 is 20.4 Å². The maximum Gasteiger partial charge on any atom is 0.242 e. The lowest BCUT2D eigenvalue weighted by atomic mass is 10.2. The first kappa shape index (κ1) is 21.0. The summed E-state index contributed by atoms with van der Waals surface area (Å²) in [6, 6.07) is 9.88. The van der Waals surface area contributed by atoms with Crippen molar-refractivity contribution in [2.45, 2.75) is 26.8 Å². The van der Waals surface area contributed by atoms with Crippen molar-refractivity contribution < 1.29 is 4.79 Å². The van der Waals surface area contributed by atoms with Crippen molar-refractivity contribution >= 4 is 28.5 Å². The number of carbonyl (C=O) groups is 1. The van der Waals surface area contributed by atoms with Gasteiger partial charge in [-0.2, -0.15) is 4.37 Å². The molecule has 1 amide bonds. The molecule has 156 valence electrons. The van der Waals surface area contributed by atoms with Crippen molar-refractivity contribution in [2.75, 3.05) is 44.2 Å². The number of hydrogen-bond acceptors (Lipinski definition) is 6. The van der Waals surface area contributed by atoms with E-state index in [1.807, 2.05) is 37.3 Å². The fourth-order valence-electron chi connectivity index (χ4n) is 3.05. The van der Waals surface area contributed by atoms with Crippen molar-refractivity contribution in [3.63, 3.8) is 0 Å². The van der Waals surface area contributed by atoms with E-state index in [0.29, 0.717) is 6.54 Å². The third-order valence-corrected chi connectivity index (χ3v) is 5.48. The highest BCUT2D eigenvalue weighted by molar-refractivity contribution is 7.09. The summed E-state index contributed by atoms with van der Waals surface area (Å²) in [6.07, 6.45) is 0.861. The third-order valence-electron chi connectivity index (χ3n) is 4.66. The third kappa shape index (κ3) is 6.15. The Bertz CT molecular complexity index is 800. The zero-order valence-corrected chi connectivity index (χ0v) is 17.9. The van der Waals surface area contributed by atoms with E-state index >= 15 is 0 Å². The fraction of sp³-hybridized carbons (Fsp3) is 0.500. The van der Waals surface area contributed by atoms with Crippen molar-refractivity contribution in [3.8, 4) is 0 Å². The summed E-state index contributed by atoms with van der Waals surface area (Å²) in [7, 11) is 0. The van der Waals surface area contributed by atoms with Gasteiger partial charge in [-0.1, -0.05) is 37.3 Å². The van der Waals surface area contributed by atoms with E-state index in [1.165, 1.54) is 11.5 Å². The molecule has 2 heterocycles. The molecular formula is C20H29N7OS. The summed E-state index contributed by atoms with van der Waals surface area (Å²) >= 11 is 1.47. The van der Waals surface area contributed by atoms with E-state index in [-0.39, 0.29) is 12.5 Å². The summed E-state index contributed by atoms with van der Waals surface area (Å²) in [4.78, 5) is 25.8. The maximum absolute atomic E-state index is 12.2. The molecule has 2 aromatic rings. The molecule has 2 N–H and O–H groups in total. The molecule has 8 nitrogen and oxygen atoms in total. The normalized spacial score (nSPS) is 14.8. The number of aryl methyl sites for hydroxylation is 1. The monoisotopic (exact) mass is 415 g/mol. The van der Waals surface area contributed by atoms with Crippen LogP contribution in [0.2, 0.25) is 0 Å². The lowest BCUT2D eigenvalue weighted by Crippen LogP contribution is -2.52. The number of carbonyl (C=O) groups excluding carboxylic acids is 1. The number of aliphatic imine (C=N–C) groups is 1. The average molecular weight is 416 g/mol. The zero-order chi connectivity index (χ0) is 20.5. The molecule has 1 aliphatic rings. The summed E-state index contributed by atoms with van der Waals surface area (Å²) in [5, 5.41) is 7.21. The summed E-state index contributed by atoms with van der Waals surface area (Å²) in [6.45, 7) is 8.90. The number of benzene rings is 1. The molecule has 1 aliphatic heterocycles. The number of amides is 1. The van der Waals surface area contributed by atoms with Gasteiger partial charge in [0.15, 0.2) is 5.96 Å². The van der Waals surface area contributed by atoms with Gasteiger partial charge in [0.2, 0.25) is 11.0 Å². The minimum absolute atomic E-state index is 0.0798. The molecule has 3 rings (SSSR count). The van der Waals surface area contributed by atoms with Gasteiger partial charge >= 0.3 is 0 Å². The summed E-state index contributed by atoms with van der Waals surface area (Å²) < 4.78 is 4.38. The van der Waals surface area contributed by atoms with Crippen LogP contribution in [0.1, 0.15) is 25.2 Å². The van der Waals surface area contributed by atoms with E-state index in [9.17, 15) is 4.79 Å². The first-order chi connectivity index (χ1) is 14.2. The van der Waals surface area contributed by atoms with Gasteiger partial charge in [-0.05, 0) is 12.5 Å². The fourth-order valence-corrected chi connectivity index (χ4v) is 3.85. The SMILES string of the molecule is CCNC(=NCC(=O)NCc1ccccc1)N1CCN(c2nc(CC)ns2)CC1. The van der Waals surface area contributed by atoms with E-state index in [2.05, 4.69) is 41.7 Å². The first-order valence-electron chi connectivity index (χ1n) is 10.1. The van der Waals surface area contributed by atoms with Crippen LogP contribution < -0.4 is 15.5 Å². The van der Waals surface area contributed by atoms with Crippen LogP contribution in [0.5, 0.6) is 0 Å². The molecule has 0 unspecified atom stereocenters. The molecular weight excluding hydrogens is 386 g/mol. The molecule has 1 aromatic carbocycles. The number of rotatable bonds is 7. The van der Waals surface area contributed by atoms with Crippen molar-refractivity contribution in [3.05, 3.63) is 41.7 Å². The number of hydrogen-bond donors (Lipinski definition) is 2. The molecule has 1 aromatic heterocycles. The number of anilines is 1. The van der Waals surface area contributed by atoms with Gasteiger partial charge in [0.05, 0.1) is 0 Å². The summed E-state index contributed by atoms with van der Waals surface area (Å²) in [5.41, 5.74) is 1.08. The van der Waals surface area contributed by atoms with Gasteiger partial charge in [0.25, 0.3) is 0 Å². The Morgan fingerprint density at radius 1 is 1.14 bits per heavy atom. The second-order valence-electron chi connectivity index (χ2n) is 6.75. The molecule has 1 fully saturated rings. The van der Waals surface area contributed by atoms with Crippen molar-refractivity contribution in [2.24, 2.45) is 4.99 Å². The highest BCUT2D eigenvalue weighted by Gasteiger charge is 2.22. The number of nitrogens with one attached hydrogen (secondary N) is 2. The quantitative estimate of drug-likeness (QED) is 0.527. The Kier molecular flexibility index (Phi) is 7.80. The number of nitrogens with zero attached hydrogens (tertiary/aromatic N) is 5. The standard InChI is InChI=1S/C20H29N7OS/c1-3-17-24-20(29-25-17)27-12-10-26(11-13-27)19(21-4-2)23-15-18(28)22-14-16-8-6-5-7-9-16/h5-9H,3-4,10-15H2,1-2H3,(H,21,23)(H,22,28). The molecule has 0 atom stereocenters. The second-order valence-corrected chi connectivity index (χ2v) is 7.48. The van der Waals surface area contributed by atoms with Gasteiger partial charge in [0, 0.05) is 57.2 Å². The lowest BCUT2D eigenvalue weighted by Gasteiger charge is -2.36. The Balaban J connectivity index is 1.50. The number of piperazine rings is 1. The van der Waals surface area contributed by atoms with Crippen LogP contribution >= 0.6 is 11.5 Å². The molecule has 0 saturated carbocycles. The molecule has 29 heavy (non-hydrogen) atoms. The molecule has 0 bridgehead atoms. The molecule has 1 saturated heterocycles. The van der Waals surface area contributed by atoms with Crippen LogP contribution in [0.4, 0.5) is 5.13 Å². The van der Waals surface area contributed by atoms with Crippen LogP contribution in [0, 0.1) is 0 Å². The van der Waals surface area contributed by atoms with Crippen molar-refractivity contribution in [1.82, 2.24) is 24.9 Å². The Morgan fingerprint density at radius 3 is 2.55 bits per heavy atom. The van der Waals surface area contributed by atoms with Crippen LogP contribution in [-0.4, -0.2) is 65.4 Å². The predicted octanol–water partition coefficient (Wildman–Crippen LogP) is 1.50. The van der Waals surface area contributed by atoms with E-state index in [0.717, 1.165) is 61.6 Å². The highest BCUT2D eigenvalue weighted by atomic mass is 32.1. The van der Waals surface area contributed by atoms with Gasteiger partial charge in [-0.3, -0.25) is 4.79 Å². The minimum atomic E-state index is -0.0798. The highest BCUT2D eigenvalue weighted by Crippen LogP contribution is 2.19. The van der Waals surface area contributed by atoms with E-state index in [1.54, 1.807) is 0 Å². The van der Waals surface area contributed by atoms with Gasteiger partial charge in [-0.25, -0.2) is 9.98 Å². The second kappa shape index (κ2) is 10.8. The molecule has 9 heteroatoms. The number of aromatic nitrogens is 2. The van der Waals surface area contributed by atoms with Gasteiger partial charge in [-0.15, -0.1) is 0 Å². The van der Waals surface area contributed by atoms with E-state index in [4.69, 9.17) is 0 Å². The first-order valence-corrected chi connectivity index (χ1v) is 10.9. The Labute approximate surface area is 176 Å². The Hall–Kier alpha value is -2.68. The van der Waals surface area contributed by atoms with Crippen LogP contribution in [0.25, 0.3) is 0 Å². The largest absolute Gasteiger partial charge is 0.357 e. The average Bonchev–Trinajstić information content (AvgIpc) is 3.25. The minimum Gasteiger partial charge on any atom is -0.357 e. The van der Waals surface area contributed by atoms with Crippen molar-refractivity contribution in [1.29, 1.82) is 0 Å². The number of guanidine groups is 1. The van der Waals surface area contributed by atoms with Gasteiger partial charge in [0.1, 0.15) is 12.4 Å². The predicted molar refractivity (Wildman–Crippen MR) is 117 cm³/mol. The molecule has 0 radical (unpaired) electrons. The van der Waals surface area contributed by atoms with Crippen LogP contribution in [0.15, 0.2) is 35.3 Å². The smallest absolute Gasteiger partial charge is 0.242 e. The molecule has 0 aliphatic carbocycles. The lowest BCUT2D eigenvalue weighted by molar-refractivity contribution is -0.119. The topological polar surface area (TPSA) is 85.8 Å². The van der Waals surface area contributed by atoms with Crippen LogP contribution in [-0.2, 0) is 17.8 Å². The van der Waals surface area contributed by atoms with E-state index < -0.39 is 0 Å². The van der Waals surface area contributed by atoms with Crippen LogP contribution in [0.3, 0.4) is 0 Å². The molecule has 0 spiro atoms. The zero-order valence-electron chi connectivity index (χ0n) is 17.1. The maximum atomic E-state index is 12.2. The Morgan fingerprint density at radius 2 is 1.90 bits per heavy atom.